The van der Waals surface area contributed by atoms with Gasteiger partial charge in [0.05, 0.1) is 6.10 Å². The molecule has 0 bridgehead atoms. The molecular formula is C21H35IN4O2. The third-order valence-corrected chi connectivity index (χ3v) is 4.56. The van der Waals surface area contributed by atoms with E-state index in [1.807, 2.05) is 37.3 Å². The number of nitrogens with zero attached hydrogens (tertiary/aromatic N) is 1. The minimum absolute atomic E-state index is 0. The SMILES string of the molecule is CCNC(=NCCCOC1CCCCC1)NCCNC(=O)c1ccccc1.I. The van der Waals surface area contributed by atoms with E-state index in [9.17, 15) is 4.79 Å². The summed E-state index contributed by atoms with van der Waals surface area (Å²) in [4.78, 5) is 16.6. The van der Waals surface area contributed by atoms with Gasteiger partial charge in [0.15, 0.2) is 5.96 Å². The summed E-state index contributed by atoms with van der Waals surface area (Å²) < 4.78 is 5.93. The van der Waals surface area contributed by atoms with Gasteiger partial charge in [0.25, 0.3) is 5.91 Å². The van der Waals surface area contributed by atoms with E-state index in [0.717, 1.165) is 32.1 Å². The number of benzene rings is 1. The molecule has 158 valence electrons. The molecule has 0 saturated heterocycles. The Labute approximate surface area is 186 Å². The van der Waals surface area contributed by atoms with Crippen molar-refractivity contribution in [3.05, 3.63) is 35.9 Å². The number of carbonyl (C=O) groups excluding carboxylic acids is 1. The van der Waals surface area contributed by atoms with Gasteiger partial charge in [0, 0.05) is 38.3 Å². The van der Waals surface area contributed by atoms with Crippen LogP contribution in [0.2, 0.25) is 0 Å². The van der Waals surface area contributed by atoms with Crippen LogP contribution in [0.15, 0.2) is 35.3 Å². The molecule has 6 nitrogen and oxygen atoms in total. The molecule has 3 N–H and O–H groups in total. The third-order valence-electron chi connectivity index (χ3n) is 4.56. The van der Waals surface area contributed by atoms with E-state index in [1.54, 1.807) is 0 Å². The molecule has 1 aliphatic carbocycles. The number of guanidine groups is 1. The second-order valence-electron chi connectivity index (χ2n) is 6.79. The van der Waals surface area contributed by atoms with Crippen molar-refractivity contribution in [2.75, 3.05) is 32.8 Å². The highest BCUT2D eigenvalue weighted by atomic mass is 127. The van der Waals surface area contributed by atoms with Crippen molar-refractivity contribution in [3.63, 3.8) is 0 Å². The van der Waals surface area contributed by atoms with Crippen molar-refractivity contribution in [1.82, 2.24) is 16.0 Å². The summed E-state index contributed by atoms with van der Waals surface area (Å²) in [6.07, 6.45) is 7.77. The molecular weight excluding hydrogens is 467 g/mol. The number of rotatable bonds is 10. The first kappa shape index (κ1) is 24.7. The van der Waals surface area contributed by atoms with E-state index in [0.29, 0.717) is 24.8 Å². The predicted molar refractivity (Wildman–Crippen MR) is 126 cm³/mol. The number of hydrogen-bond donors (Lipinski definition) is 3. The fraction of sp³-hybridized carbons (Fsp3) is 0.619. The Morgan fingerprint density at radius 2 is 1.79 bits per heavy atom. The Bertz CT molecular complexity index is 563. The van der Waals surface area contributed by atoms with Crippen LogP contribution in [0.3, 0.4) is 0 Å². The Balaban J connectivity index is 0.00000392. The van der Waals surface area contributed by atoms with Gasteiger partial charge in [-0.05, 0) is 38.3 Å². The summed E-state index contributed by atoms with van der Waals surface area (Å²) in [5.41, 5.74) is 0.677. The van der Waals surface area contributed by atoms with Crippen LogP contribution in [0.5, 0.6) is 0 Å². The van der Waals surface area contributed by atoms with Crippen LogP contribution >= 0.6 is 24.0 Å². The third kappa shape index (κ3) is 10.3. The molecule has 1 fully saturated rings. The van der Waals surface area contributed by atoms with Gasteiger partial charge in [-0.1, -0.05) is 37.5 Å². The van der Waals surface area contributed by atoms with Crippen molar-refractivity contribution < 1.29 is 9.53 Å². The molecule has 1 aromatic rings. The van der Waals surface area contributed by atoms with E-state index in [4.69, 9.17) is 4.74 Å². The van der Waals surface area contributed by atoms with Crippen molar-refractivity contribution in [1.29, 1.82) is 0 Å². The molecule has 1 saturated carbocycles. The molecule has 1 aromatic carbocycles. The average Bonchev–Trinajstić information content (AvgIpc) is 2.72. The van der Waals surface area contributed by atoms with E-state index in [1.165, 1.54) is 32.1 Å². The van der Waals surface area contributed by atoms with E-state index >= 15 is 0 Å². The summed E-state index contributed by atoms with van der Waals surface area (Å²) in [5, 5.41) is 9.38. The van der Waals surface area contributed by atoms with Crippen LogP contribution in [0, 0.1) is 0 Å². The first-order chi connectivity index (χ1) is 13.3. The van der Waals surface area contributed by atoms with Crippen LogP contribution in [0.25, 0.3) is 0 Å². The van der Waals surface area contributed by atoms with E-state index in [-0.39, 0.29) is 29.9 Å². The Hall–Kier alpha value is -1.35. The fourth-order valence-electron chi connectivity index (χ4n) is 3.13. The zero-order valence-corrected chi connectivity index (χ0v) is 19.2. The van der Waals surface area contributed by atoms with Crippen LogP contribution < -0.4 is 16.0 Å². The Morgan fingerprint density at radius 3 is 2.50 bits per heavy atom. The van der Waals surface area contributed by atoms with E-state index in [2.05, 4.69) is 20.9 Å². The van der Waals surface area contributed by atoms with Gasteiger partial charge in [-0.2, -0.15) is 0 Å². The lowest BCUT2D eigenvalue weighted by molar-refractivity contribution is 0.0281. The van der Waals surface area contributed by atoms with Crippen LogP contribution in [0.1, 0.15) is 55.8 Å². The number of nitrogens with one attached hydrogen (secondary N) is 3. The Kier molecular flexibility index (Phi) is 13.7. The zero-order chi connectivity index (χ0) is 19.2. The zero-order valence-electron chi connectivity index (χ0n) is 16.9. The van der Waals surface area contributed by atoms with Crippen LogP contribution in [-0.4, -0.2) is 50.8 Å². The molecule has 0 spiro atoms. The fourth-order valence-corrected chi connectivity index (χ4v) is 3.13. The summed E-state index contributed by atoms with van der Waals surface area (Å²) in [6, 6.07) is 9.24. The van der Waals surface area contributed by atoms with Crippen molar-refractivity contribution in [2.45, 2.75) is 51.6 Å². The maximum Gasteiger partial charge on any atom is 0.251 e. The van der Waals surface area contributed by atoms with Gasteiger partial charge in [-0.15, -0.1) is 24.0 Å². The Morgan fingerprint density at radius 1 is 1.07 bits per heavy atom. The first-order valence-electron chi connectivity index (χ1n) is 10.3. The largest absolute Gasteiger partial charge is 0.378 e. The lowest BCUT2D eigenvalue weighted by Crippen LogP contribution is -2.41. The molecule has 0 heterocycles. The highest BCUT2D eigenvalue weighted by molar-refractivity contribution is 14.0. The molecule has 1 amide bonds. The molecule has 0 aromatic heterocycles. The second kappa shape index (κ2) is 15.6. The monoisotopic (exact) mass is 502 g/mol. The maximum absolute atomic E-state index is 12.0. The van der Waals surface area contributed by atoms with Crippen molar-refractivity contribution >= 4 is 35.8 Å². The van der Waals surface area contributed by atoms with Crippen LogP contribution in [0.4, 0.5) is 0 Å². The molecule has 0 aliphatic heterocycles. The molecule has 0 unspecified atom stereocenters. The topological polar surface area (TPSA) is 74.8 Å². The maximum atomic E-state index is 12.0. The highest BCUT2D eigenvalue weighted by Crippen LogP contribution is 2.20. The van der Waals surface area contributed by atoms with Crippen molar-refractivity contribution in [2.24, 2.45) is 4.99 Å². The number of ether oxygens (including phenoxy) is 1. The minimum atomic E-state index is -0.0563. The molecule has 1 aliphatic rings. The standard InChI is InChI=1S/C21H34N4O2.HI/c1-2-22-21(24-14-9-17-27-19-12-7-4-8-13-19)25-16-15-23-20(26)18-10-5-3-6-11-18;/h3,5-6,10-11,19H,2,4,7-9,12-17H2,1H3,(H,23,26)(H2,22,24,25);1H. The normalized spacial score (nSPS) is 14.8. The van der Waals surface area contributed by atoms with Crippen molar-refractivity contribution in [3.8, 4) is 0 Å². The molecule has 7 heteroatoms. The smallest absolute Gasteiger partial charge is 0.251 e. The van der Waals surface area contributed by atoms with Gasteiger partial charge < -0.3 is 20.7 Å². The summed E-state index contributed by atoms with van der Waals surface area (Å²) >= 11 is 0. The van der Waals surface area contributed by atoms with Gasteiger partial charge >= 0.3 is 0 Å². The molecule has 2 rings (SSSR count). The number of halogens is 1. The number of aliphatic imine (C=N–C) groups is 1. The van der Waals surface area contributed by atoms with Gasteiger partial charge in [0.1, 0.15) is 0 Å². The average molecular weight is 502 g/mol. The number of amides is 1. The summed E-state index contributed by atoms with van der Waals surface area (Å²) in [6.45, 7) is 5.53. The lowest BCUT2D eigenvalue weighted by atomic mass is 9.98. The molecule has 0 atom stereocenters. The highest BCUT2D eigenvalue weighted by Gasteiger charge is 2.12. The quantitative estimate of drug-likeness (QED) is 0.199. The summed E-state index contributed by atoms with van der Waals surface area (Å²) in [7, 11) is 0. The van der Waals surface area contributed by atoms with Gasteiger partial charge in [-0.25, -0.2) is 0 Å². The summed E-state index contributed by atoms with van der Waals surface area (Å²) in [5.74, 6) is 0.725. The number of hydrogen-bond acceptors (Lipinski definition) is 3. The van der Waals surface area contributed by atoms with E-state index < -0.39 is 0 Å². The molecule has 0 radical (unpaired) electrons. The number of carbonyl (C=O) groups is 1. The predicted octanol–water partition coefficient (Wildman–Crippen LogP) is 3.33. The second-order valence-corrected chi connectivity index (χ2v) is 6.79. The van der Waals surface area contributed by atoms with Crippen LogP contribution in [-0.2, 0) is 4.74 Å². The lowest BCUT2D eigenvalue weighted by Gasteiger charge is -2.21. The molecule has 28 heavy (non-hydrogen) atoms. The van der Waals surface area contributed by atoms with Gasteiger partial charge in [0.2, 0.25) is 0 Å². The van der Waals surface area contributed by atoms with Gasteiger partial charge in [-0.3, -0.25) is 9.79 Å². The minimum Gasteiger partial charge on any atom is -0.378 e. The first-order valence-corrected chi connectivity index (χ1v) is 10.3.